The van der Waals surface area contributed by atoms with Crippen molar-refractivity contribution in [2.45, 2.75) is 30.9 Å². The summed E-state index contributed by atoms with van der Waals surface area (Å²) in [7, 11) is 0. The Labute approximate surface area is 222 Å². The summed E-state index contributed by atoms with van der Waals surface area (Å²) >= 11 is 13.5. The third-order valence-corrected chi connectivity index (χ3v) is 6.19. The number of carbonyl (C=O) groups excluding carboxylic acids is 1. The summed E-state index contributed by atoms with van der Waals surface area (Å²) in [5.41, 5.74) is 0.228. The fourth-order valence-electron chi connectivity index (χ4n) is 3.38. The highest BCUT2D eigenvalue weighted by atomic mass is 35.5. The predicted molar refractivity (Wildman–Crippen MR) is 132 cm³/mol. The molecule has 0 saturated carbocycles. The van der Waals surface area contributed by atoms with E-state index < -0.39 is 23.5 Å². The minimum atomic E-state index is -4.94. The van der Waals surface area contributed by atoms with Crippen LogP contribution in [-0.4, -0.2) is 30.9 Å². The van der Waals surface area contributed by atoms with Crippen molar-refractivity contribution < 1.29 is 22.4 Å². The Morgan fingerprint density at radius 2 is 1.68 bits per heavy atom. The number of hydrogen-bond acceptors (Lipinski definition) is 6. The predicted octanol–water partition coefficient (Wildman–Crippen LogP) is 6.68. The minimum Gasteiger partial charge on any atom is -0.321 e. The normalized spacial score (nSPS) is 11.6. The molecule has 0 atom stereocenters. The summed E-state index contributed by atoms with van der Waals surface area (Å²) in [6.45, 7) is 3.63. The van der Waals surface area contributed by atoms with Gasteiger partial charge in [-0.15, -0.1) is 5.10 Å². The largest absolute Gasteiger partial charge is 0.419 e. The van der Waals surface area contributed by atoms with Crippen LogP contribution in [0.25, 0.3) is 5.69 Å². The van der Waals surface area contributed by atoms with Crippen molar-refractivity contribution in [1.29, 1.82) is 0 Å². The van der Waals surface area contributed by atoms with Gasteiger partial charge in [-0.05, 0) is 56.3 Å². The van der Waals surface area contributed by atoms with Gasteiger partial charge in [0.05, 0.1) is 16.9 Å². The van der Waals surface area contributed by atoms with E-state index in [0.717, 1.165) is 17.5 Å². The second-order valence-corrected chi connectivity index (χ2v) is 9.61. The highest BCUT2D eigenvalue weighted by molar-refractivity contribution is 7.98. The first kappa shape index (κ1) is 26.8. The van der Waals surface area contributed by atoms with E-state index >= 15 is 0 Å². The van der Waals surface area contributed by atoms with E-state index in [1.54, 1.807) is 18.2 Å². The summed E-state index contributed by atoms with van der Waals surface area (Å²) in [5.74, 6) is -2.20. The zero-order chi connectivity index (χ0) is 26.9. The van der Waals surface area contributed by atoms with Crippen LogP contribution in [0.2, 0.25) is 10.0 Å². The Morgan fingerprint density at radius 3 is 2.30 bits per heavy atom. The van der Waals surface area contributed by atoms with Gasteiger partial charge in [0.15, 0.2) is 10.9 Å². The van der Waals surface area contributed by atoms with Crippen molar-refractivity contribution in [3.05, 3.63) is 86.7 Å². The SMILES string of the molecule is Cc1cc(C)nc(SCc2c(C(=O)Nc3ccc(F)c(C(F)(F)F)c3)nnn2-c2cc(Cl)cc(Cl)c2)n1. The Kier molecular flexibility index (Phi) is 7.72. The first-order valence-electron chi connectivity index (χ1n) is 10.4. The topological polar surface area (TPSA) is 85.6 Å². The van der Waals surface area contributed by atoms with Crippen LogP contribution in [-0.2, 0) is 11.9 Å². The van der Waals surface area contributed by atoms with Gasteiger partial charge in [-0.3, -0.25) is 4.79 Å². The maximum Gasteiger partial charge on any atom is 0.419 e. The number of carbonyl (C=O) groups is 1. The number of amides is 1. The average Bonchev–Trinajstić information content (AvgIpc) is 3.21. The molecule has 1 amide bonds. The number of rotatable bonds is 6. The molecule has 0 saturated heterocycles. The number of halogens is 6. The number of aryl methyl sites for hydroxylation is 2. The van der Waals surface area contributed by atoms with Crippen LogP contribution in [0, 0.1) is 19.7 Å². The zero-order valence-corrected chi connectivity index (χ0v) is 21.4. The van der Waals surface area contributed by atoms with Crippen LogP contribution in [0.1, 0.15) is 33.1 Å². The lowest BCUT2D eigenvalue weighted by Crippen LogP contribution is -2.16. The van der Waals surface area contributed by atoms with Gasteiger partial charge in [-0.2, -0.15) is 13.2 Å². The van der Waals surface area contributed by atoms with Crippen molar-refractivity contribution in [2.75, 3.05) is 5.32 Å². The van der Waals surface area contributed by atoms with Gasteiger partial charge >= 0.3 is 6.18 Å². The summed E-state index contributed by atoms with van der Waals surface area (Å²) in [6, 6.07) is 8.58. The smallest absolute Gasteiger partial charge is 0.321 e. The van der Waals surface area contributed by atoms with E-state index in [2.05, 4.69) is 25.6 Å². The molecule has 4 aromatic rings. The highest BCUT2D eigenvalue weighted by Crippen LogP contribution is 2.33. The maximum absolute atomic E-state index is 13.7. The molecule has 37 heavy (non-hydrogen) atoms. The van der Waals surface area contributed by atoms with Gasteiger partial charge in [0.2, 0.25) is 0 Å². The number of hydrogen-bond donors (Lipinski definition) is 1. The molecule has 2 aromatic carbocycles. The van der Waals surface area contributed by atoms with E-state index in [0.29, 0.717) is 33.0 Å². The molecule has 0 aliphatic heterocycles. The molecule has 2 heterocycles. The molecule has 0 bridgehead atoms. The summed E-state index contributed by atoms with van der Waals surface area (Å²) in [5, 5.41) is 11.4. The molecule has 0 unspecified atom stereocenters. The second kappa shape index (κ2) is 10.6. The standard InChI is InChI=1S/C23H16Cl2F4N6OS/c1-11-5-12(2)31-22(30-11)37-10-19-20(33-34-35(19)16-7-13(24)6-14(25)8-16)21(36)32-15-3-4-18(26)17(9-15)23(27,28)29/h3-9H,10H2,1-2H3,(H,32,36). The van der Waals surface area contributed by atoms with E-state index in [-0.39, 0.29) is 22.8 Å². The fraction of sp³-hybridized carbons (Fsp3) is 0.174. The molecule has 0 aliphatic carbocycles. The average molecular weight is 571 g/mol. The minimum absolute atomic E-state index is 0.111. The molecule has 7 nitrogen and oxygen atoms in total. The lowest BCUT2D eigenvalue weighted by molar-refractivity contribution is -0.139. The second-order valence-electron chi connectivity index (χ2n) is 7.79. The summed E-state index contributed by atoms with van der Waals surface area (Å²) in [4.78, 5) is 21.8. The number of anilines is 1. The number of aromatic nitrogens is 5. The molecule has 0 fully saturated rings. The number of nitrogens with zero attached hydrogens (tertiary/aromatic N) is 5. The van der Waals surface area contributed by atoms with Gasteiger partial charge < -0.3 is 5.32 Å². The maximum atomic E-state index is 13.7. The third-order valence-electron chi connectivity index (χ3n) is 4.90. The Hall–Kier alpha value is -3.22. The Bertz CT molecular complexity index is 1450. The first-order valence-corrected chi connectivity index (χ1v) is 12.2. The lowest BCUT2D eigenvalue weighted by atomic mass is 10.1. The fourth-order valence-corrected chi connectivity index (χ4v) is 4.83. The number of nitrogens with one attached hydrogen (secondary N) is 1. The summed E-state index contributed by atoms with van der Waals surface area (Å²) < 4.78 is 54.4. The van der Waals surface area contributed by atoms with Crippen LogP contribution < -0.4 is 5.32 Å². The highest BCUT2D eigenvalue weighted by Gasteiger charge is 2.34. The molecule has 14 heteroatoms. The van der Waals surface area contributed by atoms with E-state index in [1.807, 2.05) is 13.8 Å². The van der Waals surface area contributed by atoms with Gasteiger partial charge in [0, 0.05) is 32.9 Å². The van der Waals surface area contributed by atoms with Crippen LogP contribution in [0.3, 0.4) is 0 Å². The molecular weight excluding hydrogens is 555 g/mol. The zero-order valence-electron chi connectivity index (χ0n) is 19.1. The van der Waals surface area contributed by atoms with Gasteiger partial charge in [-0.25, -0.2) is 19.0 Å². The van der Waals surface area contributed by atoms with Crippen molar-refractivity contribution in [3.63, 3.8) is 0 Å². The molecule has 0 aliphatic rings. The molecule has 0 spiro atoms. The number of benzene rings is 2. The molecule has 4 rings (SSSR count). The molecule has 0 radical (unpaired) electrons. The van der Waals surface area contributed by atoms with Crippen molar-refractivity contribution >= 4 is 46.6 Å². The van der Waals surface area contributed by atoms with Gasteiger partial charge in [0.1, 0.15) is 5.82 Å². The van der Waals surface area contributed by atoms with Gasteiger partial charge in [0.25, 0.3) is 5.91 Å². The van der Waals surface area contributed by atoms with E-state index in [1.165, 1.54) is 22.5 Å². The van der Waals surface area contributed by atoms with Crippen molar-refractivity contribution in [3.8, 4) is 5.69 Å². The van der Waals surface area contributed by atoms with E-state index in [4.69, 9.17) is 23.2 Å². The Morgan fingerprint density at radius 1 is 1.03 bits per heavy atom. The van der Waals surface area contributed by atoms with Crippen molar-refractivity contribution in [2.24, 2.45) is 0 Å². The van der Waals surface area contributed by atoms with Crippen LogP contribution >= 0.6 is 35.0 Å². The van der Waals surface area contributed by atoms with Crippen LogP contribution in [0.5, 0.6) is 0 Å². The van der Waals surface area contributed by atoms with Crippen molar-refractivity contribution in [1.82, 2.24) is 25.0 Å². The van der Waals surface area contributed by atoms with Gasteiger partial charge in [-0.1, -0.05) is 40.2 Å². The monoisotopic (exact) mass is 570 g/mol. The molecule has 1 N–H and O–H groups in total. The van der Waals surface area contributed by atoms with Crippen LogP contribution in [0.15, 0.2) is 47.6 Å². The first-order chi connectivity index (χ1) is 17.4. The molecule has 192 valence electrons. The summed E-state index contributed by atoms with van der Waals surface area (Å²) in [6.07, 6.45) is -4.94. The lowest BCUT2D eigenvalue weighted by Gasteiger charge is -2.11. The molecular formula is C23H16Cl2F4N6OS. The van der Waals surface area contributed by atoms with Crippen LogP contribution in [0.4, 0.5) is 23.2 Å². The molecule has 2 aromatic heterocycles. The number of alkyl halides is 3. The number of thioether (sulfide) groups is 1. The third kappa shape index (κ3) is 6.38. The van der Waals surface area contributed by atoms with E-state index in [9.17, 15) is 22.4 Å². The quantitative estimate of drug-likeness (QED) is 0.158. The Balaban J connectivity index is 1.71.